The van der Waals surface area contributed by atoms with Gasteiger partial charge in [0, 0.05) is 19.3 Å². The first-order chi connectivity index (χ1) is 8.24. The van der Waals surface area contributed by atoms with Gasteiger partial charge in [-0.15, -0.1) is 0 Å². The number of ether oxygens (including phenoxy) is 1. The summed E-state index contributed by atoms with van der Waals surface area (Å²) in [6.45, 7) is 4.30. The van der Waals surface area contributed by atoms with Crippen molar-refractivity contribution >= 4 is 0 Å². The number of methoxy groups -OCH3 is 1. The van der Waals surface area contributed by atoms with Gasteiger partial charge in [0.1, 0.15) is 0 Å². The second kappa shape index (κ2) is 5.65. The number of nitrogens with one attached hydrogen (secondary N) is 1. The van der Waals surface area contributed by atoms with Crippen LogP contribution in [-0.2, 0) is 16.7 Å². The van der Waals surface area contributed by atoms with Crippen LogP contribution in [0.3, 0.4) is 0 Å². The minimum atomic E-state index is 0.199. The van der Waals surface area contributed by atoms with Crippen LogP contribution < -0.4 is 5.32 Å². The van der Waals surface area contributed by atoms with Gasteiger partial charge in [0.05, 0.1) is 0 Å². The zero-order valence-electron chi connectivity index (χ0n) is 11.0. The van der Waals surface area contributed by atoms with E-state index in [-0.39, 0.29) is 5.54 Å². The second-order valence-electron chi connectivity index (χ2n) is 5.16. The van der Waals surface area contributed by atoms with Crippen molar-refractivity contribution in [3.05, 3.63) is 35.4 Å². The molecule has 1 fully saturated rings. The van der Waals surface area contributed by atoms with Crippen LogP contribution in [0, 0.1) is 0 Å². The maximum Gasteiger partial charge on any atom is 0.0465 e. The Morgan fingerprint density at radius 2 is 2.06 bits per heavy atom. The van der Waals surface area contributed by atoms with Crippen molar-refractivity contribution in [3.63, 3.8) is 0 Å². The predicted molar refractivity (Wildman–Crippen MR) is 71.2 cm³/mol. The molecule has 0 aromatic heterocycles. The van der Waals surface area contributed by atoms with Crippen molar-refractivity contribution in [1.82, 2.24) is 5.32 Å². The number of benzene rings is 1. The Labute approximate surface area is 104 Å². The van der Waals surface area contributed by atoms with Crippen LogP contribution in [0.4, 0.5) is 0 Å². The van der Waals surface area contributed by atoms with E-state index in [0.717, 1.165) is 26.0 Å². The van der Waals surface area contributed by atoms with Gasteiger partial charge in [-0.3, -0.25) is 0 Å². The summed E-state index contributed by atoms with van der Waals surface area (Å²) in [6, 6.07) is 9.08. The SMILES string of the molecule is COCCCc1ccc(C2(C)CCCN2)cc1. The lowest BCUT2D eigenvalue weighted by atomic mass is 9.90. The maximum absolute atomic E-state index is 5.07. The summed E-state index contributed by atoms with van der Waals surface area (Å²) in [5.74, 6) is 0. The molecular formula is C15H23NO. The minimum absolute atomic E-state index is 0.199. The molecule has 2 rings (SSSR count). The first kappa shape index (κ1) is 12.6. The van der Waals surface area contributed by atoms with Gasteiger partial charge in [-0.05, 0) is 50.3 Å². The van der Waals surface area contributed by atoms with Crippen molar-refractivity contribution in [2.75, 3.05) is 20.3 Å². The molecule has 0 saturated carbocycles. The first-order valence-corrected chi connectivity index (χ1v) is 6.58. The van der Waals surface area contributed by atoms with Crippen LogP contribution in [0.1, 0.15) is 37.3 Å². The highest BCUT2D eigenvalue weighted by atomic mass is 16.5. The van der Waals surface area contributed by atoms with Crippen LogP contribution in [-0.4, -0.2) is 20.3 Å². The Bertz CT molecular complexity index is 338. The fraction of sp³-hybridized carbons (Fsp3) is 0.600. The van der Waals surface area contributed by atoms with Crippen LogP contribution in [0.5, 0.6) is 0 Å². The molecule has 1 N–H and O–H groups in total. The van der Waals surface area contributed by atoms with Crippen molar-refractivity contribution in [2.45, 2.75) is 38.1 Å². The molecule has 17 heavy (non-hydrogen) atoms. The van der Waals surface area contributed by atoms with Crippen molar-refractivity contribution in [1.29, 1.82) is 0 Å². The standard InChI is InChI=1S/C15H23NO/c1-15(10-4-11-16-15)14-8-6-13(7-9-14)5-3-12-17-2/h6-9,16H,3-5,10-12H2,1-2H3. The van der Waals surface area contributed by atoms with Gasteiger partial charge in [-0.2, -0.15) is 0 Å². The van der Waals surface area contributed by atoms with Crippen molar-refractivity contribution < 1.29 is 4.74 Å². The Morgan fingerprint density at radius 3 is 2.65 bits per heavy atom. The highest BCUT2D eigenvalue weighted by Gasteiger charge is 2.29. The Hall–Kier alpha value is -0.860. The number of rotatable bonds is 5. The topological polar surface area (TPSA) is 21.3 Å². The minimum Gasteiger partial charge on any atom is -0.385 e. The monoisotopic (exact) mass is 233 g/mol. The molecular weight excluding hydrogens is 210 g/mol. The molecule has 1 aromatic rings. The summed E-state index contributed by atoms with van der Waals surface area (Å²) in [7, 11) is 1.76. The average molecular weight is 233 g/mol. The summed E-state index contributed by atoms with van der Waals surface area (Å²) >= 11 is 0. The molecule has 0 aliphatic carbocycles. The van der Waals surface area contributed by atoms with Gasteiger partial charge >= 0.3 is 0 Å². The summed E-state index contributed by atoms with van der Waals surface area (Å²) in [6.07, 6.45) is 4.74. The lowest BCUT2D eigenvalue weighted by Gasteiger charge is -2.25. The van der Waals surface area contributed by atoms with E-state index in [1.807, 2.05) is 0 Å². The van der Waals surface area contributed by atoms with Gasteiger partial charge in [-0.25, -0.2) is 0 Å². The van der Waals surface area contributed by atoms with Gasteiger partial charge in [0.25, 0.3) is 0 Å². The molecule has 1 saturated heterocycles. The third kappa shape index (κ3) is 3.08. The molecule has 0 bridgehead atoms. The Kier molecular flexibility index (Phi) is 4.19. The lowest BCUT2D eigenvalue weighted by Crippen LogP contribution is -2.32. The largest absolute Gasteiger partial charge is 0.385 e. The van der Waals surface area contributed by atoms with E-state index >= 15 is 0 Å². The molecule has 2 heteroatoms. The average Bonchev–Trinajstić information content (AvgIpc) is 2.79. The smallest absolute Gasteiger partial charge is 0.0465 e. The van der Waals surface area contributed by atoms with Crippen molar-refractivity contribution in [3.8, 4) is 0 Å². The second-order valence-corrected chi connectivity index (χ2v) is 5.16. The van der Waals surface area contributed by atoms with E-state index in [2.05, 4.69) is 36.5 Å². The molecule has 0 radical (unpaired) electrons. The predicted octanol–water partition coefficient (Wildman–Crippen LogP) is 2.86. The zero-order chi connectivity index (χ0) is 12.1. The molecule has 94 valence electrons. The summed E-state index contributed by atoms with van der Waals surface area (Å²) < 4.78 is 5.07. The van der Waals surface area contributed by atoms with Gasteiger partial charge in [0.15, 0.2) is 0 Å². The van der Waals surface area contributed by atoms with E-state index in [1.165, 1.54) is 24.0 Å². The normalized spacial score (nSPS) is 24.1. The first-order valence-electron chi connectivity index (χ1n) is 6.58. The Balaban J connectivity index is 1.97. The molecule has 1 aromatic carbocycles. The third-order valence-electron chi connectivity index (χ3n) is 3.77. The molecule has 2 nitrogen and oxygen atoms in total. The van der Waals surface area contributed by atoms with Crippen LogP contribution in [0.25, 0.3) is 0 Å². The third-order valence-corrected chi connectivity index (χ3v) is 3.77. The van der Waals surface area contributed by atoms with Gasteiger partial charge < -0.3 is 10.1 Å². The molecule has 0 spiro atoms. The van der Waals surface area contributed by atoms with Crippen LogP contribution in [0.2, 0.25) is 0 Å². The highest BCUT2D eigenvalue weighted by Crippen LogP contribution is 2.30. The molecule has 1 atom stereocenters. The quantitative estimate of drug-likeness (QED) is 0.790. The zero-order valence-corrected chi connectivity index (χ0v) is 11.0. The lowest BCUT2D eigenvalue weighted by molar-refractivity contribution is 0.195. The fourth-order valence-corrected chi connectivity index (χ4v) is 2.60. The van der Waals surface area contributed by atoms with Gasteiger partial charge in [0.2, 0.25) is 0 Å². The maximum atomic E-state index is 5.07. The Morgan fingerprint density at radius 1 is 1.29 bits per heavy atom. The van der Waals surface area contributed by atoms with Crippen LogP contribution >= 0.6 is 0 Å². The molecule has 1 aliphatic heterocycles. The number of hydrogen-bond acceptors (Lipinski definition) is 2. The summed E-state index contributed by atoms with van der Waals surface area (Å²) in [4.78, 5) is 0. The van der Waals surface area contributed by atoms with Gasteiger partial charge in [-0.1, -0.05) is 24.3 Å². The molecule has 1 heterocycles. The number of hydrogen-bond donors (Lipinski definition) is 1. The van der Waals surface area contributed by atoms with E-state index < -0.39 is 0 Å². The van der Waals surface area contributed by atoms with E-state index in [0.29, 0.717) is 0 Å². The number of aryl methyl sites for hydroxylation is 1. The van der Waals surface area contributed by atoms with E-state index in [1.54, 1.807) is 7.11 Å². The molecule has 1 aliphatic rings. The van der Waals surface area contributed by atoms with Crippen molar-refractivity contribution in [2.24, 2.45) is 0 Å². The summed E-state index contributed by atoms with van der Waals surface area (Å²) in [5.41, 5.74) is 3.03. The van der Waals surface area contributed by atoms with Crippen LogP contribution in [0.15, 0.2) is 24.3 Å². The summed E-state index contributed by atoms with van der Waals surface area (Å²) in [5, 5.41) is 3.60. The molecule has 1 unspecified atom stereocenters. The fourth-order valence-electron chi connectivity index (χ4n) is 2.60. The van der Waals surface area contributed by atoms with E-state index in [9.17, 15) is 0 Å². The highest BCUT2D eigenvalue weighted by molar-refractivity contribution is 5.29. The molecule has 0 amide bonds. The van der Waals surface area contributed by atoms with E-state index in [4.69, 9.17) is 4.74 Å².